The number of likely N-dealkylation sites (tertiary alicyclic amines) is 1. The maximum Gasteiger partial charge on any atom is 0.339 e. The SMILES string of the molecule is COc1cccc2c1OC(C)(C)[C@H]1C[C@@H]3[C@H](CCN3Cc3ccc(-c4ccc(C(=O)O)c(O)c4)o3)O[C@H]21. The number of aromatic carboxylic acids is 1. The van der Waals surface area contributed by atoms with Crippen LogP contribution in [0.3, 0.4) is 0 Å². The van der Waals surface area contributed by atoms with E-state index in [9.17, 15) is 9.90 Å². The first kappa shape index (κ1) is 23.9. The van der Waals surface area contributed by atoms with Crippen LogP contribution in [0.1, 0.15) is 54.5 Å². The highest BCUT2D eigenvalue weighted by Crippen LogP contribution is 2.54. The van der Waals surface area contributed by atoms with Gasteiger partial charge >= 0.3 is 5.97 Å². The summed E-state index contributed by atoms with van der Waals surface area (Å²) in [6.07, 6.45) is 2.00. The van der Waals surface area contributed by atoms with E-state index in [0.29, 0.717) is 17.9 Å². The lowest BCUT2D eigenvalue weighted by Crippen LogP contribution is -2.53. The number of aromatic hydroxyl groups is 1. The molecule has 0 aliphatic carbocycles. The largest absolute Gasteiger partial charge is 0.507 e. The molecule has 0 saturated carbocycles. The zero-order valence-electron chi connectivity index (χ0n) is 21.1. The van der Waals surface area contributed by atoms with E-state index in [-0.39, 0.29) is 35.5 Å². The number of fused-ring (bicyclic) bond motifs is 4. The van der Waals surface area contributed by atoms with Gasteiger partial charge in [0.25, 0.3) is 0 Å². The van der Waals surface area contributed by atoms with E-state index in [1.165, 1.54) is 12.1 Å². The average molecular weight is 506 g/mol. The summed E-state index contributed by atoms with van der Waals surface area (Å²) in [5, 5.41) is 19.2. The predicted octanol–water partition coefficient (Wildman–Crippen LogP) is 5.25. The maximum absolute atomic E-state index is 11.2. The minimum atomic E-state index is -1.17. The summed E-state index contributed by atoms with van der Waals surface area (Å²) in [5.74, 6) is 1.67. The van der Waals surface area contributed by atoms with E-state index in [2.05, 4.69) is 24.8 Å². The van der Waals surface area contributed by atoms with Crippen molar-refractivity contribution < 1.29 is 33.6 Å². The van der Waals surface area contributed by atoms with Crippen LogP contribution in [-0.2, 0) is 11.3 Å². The first-order chi connectivity index (χ1) is 17.7. The maximum atomic E-state index is 11.2. The number of carboxylic acids is 1. The second-order valence-corrected chi connectivity index (χ2v) is 10.7. The third-order valence-corrected chi connectivity index (χ3v) is 8.11. The van der Waals surface area contributed by atoms with E-state index in [4.69, 9.17) is 23.7 Å². The fraction of sp³-hybridized carbons (Fsp3) is 0.414. The van der Waals surface area contributed by atoms with Crippen LogP contribution in [0.2, 0.25) is 0 Å². The number of furan rings is 1. The Morgan fingerprint density at radius 3 is 2.78 bits per heavy atom. The van der Waals surface area contributed by atoms with Crippen LogP contribution < -0.4 is 9.47 Å². The highest BCUT2D eigenvalue weighted by Gasteiger charge is 2.53. The summed E-state index contributed by atoms with van der Waals surface area (Å²) < 4.78 is 25.0. The van der Waals surface area contributed by atoms with Crippen LogP contribution in [0.25, 0.3) is 11.3 Å². The topological polar surface area (TPSA) is 102 Å². The van der Waals surface area contributed by atoms with Gasteiger partial charge in [0, 0.05) is 29.6 Å². The van der Waals surface area contributed by atoms with Gasteiger partial charge in [-0.25, -0.2) is 4.79 Å². The van der Waals surface area contributed by atoms with Gasteiger partial charge < -0.3 is 28.8 Å². The Balaban J connectivity index is 1.20. The molecule has 1 aromatic heterocycles. The van der Waals surface area contributed by atoms with Crippen LogP contribution >= 0.6 is 0 Å². The summed E-state index contributed by atoms with van der Waals surface area (Å²) in [4.78, 5) is 13.6. The van der Waals surface area contributed by atoms with Gasteiger partial charge in [-0.2, -0.15) is 0 Å². The molecule has 8 heteroatoms. The predicted molar refractivity (Wildman–Crippen MR) is 135 cm³/mol. The van der Waals surface area contributed by atoms with Crippen LogP contribution in [0.5, 0.6) is 17.2 Å². The lowest BCUT2D eigenvalue weighted by Gasteiger charge is -2.51. The van der Waals surface area contributed by atoms with Gasteiger partial charge in [-0.15, -0.1) is 0 Å². The second-order valence-electron chi connectivity index (χ2n) is 10.7. The van der Waals surface area contributed by atoms with E-state index in [1.807, 2.05) is 24.3 Å². The molecular formula is C29H31NO7. The molecule has 4 atom stereocenters. The summed E-state index contributed by atoms with van der Waals surface area (Å²) >= 11 is 0. The normalized spacial score (nSPS) is 26.0. The van der Waals surface area contributed by atoms with E-state index in [1.54, 1.807) is 13.2 Å². The molecule has 0 unspecified atom stereocenters. The highest BCUT2D eigenvalue weighted by atomic mass is 16.5. The fourth-order valence-corrected chi connectivity index (χ4v) is 6.20. The number of methoxy groups -OCH3 is 1. The van der Waals surface area contributed by atoms with Gasteiger partial charge in [0.2, 0.25) is 0 Å². The number of nitrogens with zero attached hydrogens (tertiary/aromatic N) is 1. The highest BCUT2D eigenvalue weighted by molar-refractivity contribution is 5.91. The summed E-state index contributed by atoms with van der Waals surface area (Å²) in [6.45, 7) is 5.82. The molecule has 3 aliphatic heterocycles. The van der Waals surface area contributed by atoms with Crippen molar-refractivity contribution in [2.24, 2.45) is 5.92 Å². The Hall–Kier alpha value is -3.49. The standard InChI is InChI=1S/C29H31NO7/c1-29(2)20-14-21-24(36-26(20)19-5-4-6-25(34-3)27(19)37-29)11-12-30(21)15-17-8-10-23(35-17)16-7-9-18(28(32)33)22(31)13-16/h4-10,13,20-21,24,26,31H,11-12,14-15H2,1-3H3,(H,32,33)/t20-,21+,24-,26+/m0/s1. The van der Waals surface area contributed by atoms with Crippen molar-refractivity contribution in [3.63, 3.8) is 0 Å². The Morgan fingerprint density at radius 2 is 2.03 bits per heavy atom. The third-order valence-electron chi connectivity index (χ3n) is 8.11. The van der Waals surface area contributed by atoms with E-state index < -0.39 is 11.6 Å². The number of hydrogen-bond acceptors (Lipinski definition) is 7. The van der Waals surface area contributed by atoms with Crippen molar-refractivity contribution >= 4 is 5.97 Å². The number of carbonyl (C=O) groups is 1. The van der Waals surface area contributed by atoms with Crippen LogP contribution in [-0.4, -0.2) is 52.5 Å². The van der Waals surface area contributed by atoms with Crippen molar-refractivity contribution in [1.29, 1.82) is 0 Å². The summed E-state index contributed by atoms with van der Waals surface area (Å²) in [7, 11) is 1.67. The van der Waals surface area contributed by atoms with Crippen LogP contribution in [0, 0.1) is 5.92 Å². The van der Waals surface area contributed by atoms with Crippen molar-refractivity contribution in [1.82, 2.24) is 4.90 Å². The molecule has 0 radical (unpaired) electrons. The van der Waals surface area contributed by atoms with Gasteiger partial charge in [-0.3, -0.25) is 4.90 Å². The number of para-hydroxylation sites is 1. The van der Waals surface area contributed by atoms with Crippen molar-refractivity contribution in [3.05, 3.63) is 65.4 Å². The quantitative estimate of drug-likeness (QED) is 0.485. The van der Waals surface area contributed by atoms with Gasteiger partial charge in [-0.05, 0) is 57.0 Å². The zero-order valence-corrected chi connectivity index (χ0v) is 21.1. The van der Waals surface area contributed by atoms with Crippen molar-refractivity contribution in [2.75, 3.05) is 13.7 Å². The molecule has 2 aromatic carbocycles. The van der Waals surface area contributed by atoms with Gasteiger partial charge in [-0.1, -0.05) is 18.2 Å². The zero-order chi connectivity index (χ0) is 25.9. The molecule has 2 saturated heterocycles. The van der Waals surface area contributed by atoms with E-state index >= 15 is 0 Å². The molecule has 6 rings (SSSR count). The van der Waals surface area contributed by atoms with Crippen molar-refractivity contribution in [3.8, 4) is 28.6 Å². The molecule has 3 aliphatic rings. The van der Waals surface area contributed by atoms with Gasteiger partial charge in [0.05, 0.1) is 25.9 Å². The first-order valence-electron chi connectivity index (χ1n) is 12.7. The van der Waals surface area contributed by atoms with Crippen LogP contribution in [0.4, 0.5) is 0 Å². The molecule has 194 valence electrons. The fourth-order valence-electron chi connectivity index (χ4n) is 6.20. The number of hydrogen-bond donors (Lipinski definition) is 2. The summed E-state index contributed by atoms with van der Waals surface area (Å²) in [6, 6.07) is 14.5. The Labute approximate surface area is 215 Å². The number of benzene rings is 2. The lowest BCUT2D eigenvalue weighted by molar-refractivity contribution is -0.163. The molecule has 0 spiro atoms. The van der Waals surface area contributed by atoms with Crippen LogP contribution in [0.15, 0.2) is 52.9 Å². The first-order valence-corrected chi connectivity index (χ1v) is 12.7. The monoisotopic (exact) mass is 505 g/mol. The molecule has 4 heterocycles. The lowest BCUT2D eigenvalue weighted by atomic mass is 9.74. The molecule has 0 bridgehead atoms. The molecule has 0 amide bonds. The molecule has 2 fully saturated rings. The number of phenols is 1. The molecular weight excluding hydrogens is 474 g/mol. The Morgan fingerprint density at radius 1 is 1.19 bits per heavy atom. The Kier molecular flexibility index (Phi) is 5.69. The average Bonchev–Trinajstić information content (AvgIpc) is 3.50. The van der Waals surface area contributed by atoms with Crippen molar-refractivity contribution in [2.45, 2.75) is 57.1 Å². The molecule has 2 N–H and O–H groups in total. The smallest absolute Gasteiger partial charge is 0.339 e. The Bertz CT molecular complexity index is 1350. The minimum Gasteiger partial charge on any atom is -0.507 e. The molecule has 37 heavy (non-hydrogen) atoms. The van der Waals surface area contributed by atoms with Gasteiger partial charge in [0.15, 0.2) is 11.5 Å². The molecule has 8 nitrogen and oxygen atoms in total. The molecule has 3 aromatic rings. The number of ether oxygens (including phenoxy) is 3. The summed E-state index contributed by atoms with van der Waals surface area (Å²) in [5.41, 5.74) is 1.15. The second kappa shape index (κ2) is 8.82. The number of carboxylic acid groups (broad SMARTS) is 1. The number of rotatable bonds is 5. The van der Waals surface area contributed by atoms with E-state index in [0.717, 1.165) is 42.2 Å². The van der Waals surface area contributed by atoms with Gasteiger partial charge in [0.1, 0.15) is 28.4 Å². The third kappa shape index (κ3) is 4.04. The minimum absolute atomic E-state index is 0.0354.